The van der Waals surface area contributed by atoms with Crippen molar-refractivity contribution in [3.8, 4) is 0 Å². The molecule has 0 aliphatic heterocycles. The molecular weight excluding hydrogens is 182 g/mol. The number of hydrogen-bond acceptors (Lipinski definition) is 4. The van der Waals surface area contributed by atoms with Crippen molar-refractivity contribution in [3.05, 3.63) is 0 Å². The van der Waals surface area contributed by atoms with E-state index < -0.39 is 12.2 Å². The van der Waals surface area contributed by atoms with Crippen molar-refractivity contribution in [1.82, 2.24) is 0 Å². The molecule has 0 bridgehead atoms. The van der Waals surface area contributed by atoms with Crippen molar-refractivity contribution in [2.75, 3.05) is 13.2 Å². The molecule has 0 aromatic rings. The zero-order valence-corrected chi connectivity index (χ0v) is 9.45. The second kappa shape index (κ2) is 6.79. The van der Waals surface area contributed by atoms with Crippen LogP contribution in [0.25, 0.3) is 0 Å². The van der Waals surface area contributed by atoms with Crippen LogP contribution in [0.4, 0.5) is 0 Å². The molecule has 0 saturated carbocycles. The molecule has 0 aromatic heterocycles. The molecule has 0 saturated heterocycles. The highest BCUT2D eigenvalue weighted by atomic mass is 16.6. The zero-order chi connectivity index (χ0) is 11.1. The highest BCUT2D eigenvalue weighted by Gasteiger charge is 2.16. The largest absolute Gasteiger partial charge is 0.462 e. The van der Waals surface area contributed by atoms with E-state index in [0.717, 1.165) is 0 Å². The molecule has 2 N–H and O–H groups in total. The second-order valence-electron chi connectivity index (χ2n) is 4.17. The molecular formula is C10H21NO3. The van der Waals surface area contributed by atoms with Gasteiger partial charge in [-0.05, 0) is 11.8 Å². The van der Waals surface area contributed by atoms with Crippen LogP contribution in [0.1, 0.15) is 27.7 Å². The number of esters is 1. The monoisotopic (exact) mass is 203 g/mol. The van der Waals surface area contributed by atoms with Gasteiger partial charge in [0.2, 0.25) is 6.23 Å². The highest BCUT2D eigenvalue weighted by molar-refractivity contribution is 5.73. The molecule has 1 atom stereocenters. The second-order valence-corrected chi connectivity index (χ2v) is 4.17. The maximum absolute atomic E-state index is 11.2. The minimum Gasteiger partial charge on any atom is -0.462 e. The Morgan fingerprint density at radius 2 is 1.64 bits per heavy atom. The Labute approximate surface area is 85.8 Å². The number of carbonyl (C=O) groups excluding carboxylic acids is 1. The molecule has 4 heteroatoms. The Morgan fingerprint density at radius 1 is 1.14 bits per heavy atom. The first kappa shape index (κ1) is 13.4. The summed E-state index contributed by atoms with van der Waals surface area (Å²) < 4.78 is 10.0. The summed E-state index contributed by atoms with van der Waals surface area (Å²) in [5.41, 5.74) is 5.45. The number of ether oxygens (including phenoxy) is 2. The minimum absolute atomic E-state index is 0.316. The SMILES string of the molecule is CC(C)COC(=O)[C@@H](N)OCC(C)C. The summed E-state index contributed by atoms with van der Waals surface area (Å²) in [4.78, 5) is 11.2. The smallest absolute Gasteiger partial charge is 0.350 e. The first-order valence-corrected chi connectivity index (χ1v) is 4.97. The summed E-state index contributed by atoms with van der Waals surface area (Å²) >= 11 is 0. The number of carbonyl (C=O) groups is 1. The summed E-state index contributed by atoms with van der Waals surface area (Å²) in [6, 6.07) is 0. The van der Waals surface area contributed by atoms with Gasteiger partial charge in [-0.3, -0.25) is 5.73 Å². The van der Waals surface area contributed by atoms with Crippen LogP contribution in [-0.4, -0.2) is 25.4 Å². The van der Waals surface area contributed by atoms with E-state index in [1.165, 1.54) is 0 Å². The highest BCUT2D eigenvalue weighted by Crippen LogP contribution is 1.98. The molecule has 0 rings (SSSR count). The molecule has 0 heterocycles. The molecule has 0 radical (unpaired) electrons. The van der Waals surface area contributed by atoms with Crippen LogP contribution in [0.15, 0.2) is 0 Å². The molecule has 0 aromatic carbocycles. The molecule has 84 valence electrons. The van der Waals surface area contributed by atoms with Gasteiger partial charge in [0, 0.05) is 0 Å². The van der Waals surface area contributed by atoms with Gasteiger partial charge < -0.3 is 9.47 Å². The Balaban J connectivity index is 3.65. The third-order valence-electron chi connectivity index (χ3n) is 1.40. The first-order chi connectivity index (χ1) is 6.43. The van der Waals surface area contributed by atoms with Gasteiger partial charge in [0.15, 0.2) is 0 Å². The van der Waals surface area contributed by atoms with Crippen LogP contribution < -0.4 is 5.73 Å². The quantitative estimate of drug-likeness (QED) is 0.519. The molecule has 0 spiro atoms. The molecule has 0 unspecified atom stereocenters. The van der Waals surface area contributed by atoms with Crippen molar-refractivity contribution in [3.63, 3.8) is 0 Å². The van der Waals surface area contributed by atoms with E-state index in [9.17, 15) is 4.79 Å². The summed E-state index contributed by atoms with van der Waals surface area (Å²) in [6.45, 7) is 8.77. The van der Waals surface area contributed by atoms with Crippen LogP contribution >= 0.6 is 0 Å². The van der Waals surface area contributed by atoms with Gasteiger partial charge in [0.25, 0.3) is 0 Å². The number of hydrogen-bond donors (Lipinski definition) is 1. The lowest BCUT2D eigenvalue weighted by Gasteiger charge is -2.14. The van der Waals surface area contributed by atoms with E-state index in [0.29, 0.717) is 25.0 Å². The van der Waals surface area contributed by atoms with Crippen LogP contribution in [0.3, 0.4) is 0 Å². The Morgan fingerprint density at radius 3 is 2.07 bits per heavy atom. The Kier molecular flexibility index (Phi) is 6.49. The lowest BCUT2D eigenvalue weighted by Crippen LogP contribution is -2.36. The molecule has 14 heavy (non-hydrogen) atoms. The average molecular weight is 203 g/mol. The van der Waals surface area contributed by atoms with E-state index in [2.05, 4.69) is 0 Å². The first-order valence-electron chi connectivity index (χ1n) is 4.97. The molecule has 0 amide bonds. The van der Waals surface area contributed by atoms with Crippen LogP contribution in [0.5, 0.6) is 0 Å². The maximum atomic E-state index is 11.2. The van der Waals surface area contributed by atoms with Gasteiger partial charge in [0.1, 0.15) is 0 Å². The number of nitrogens with two attached hydrogens (primary N) is 1. The van der Waals surface area contributed by atoms with Crippen LogP contribution in [0, 0.1) is 11.8 Å². The molecule has 0 aliphatic carbocycles. The van der Waals surface area contributed by atoms with Gasteiger partial charge in [-0.25, -0.2) is 4.79 Å². The van der Waals surface area contributed by atoms with Gasteiger partial charge in [-0.2, -0.15) is 0 Å². The summed E-state index contributed by atoms with van der Waals surface area (Å²) in [5.74, 6) is 0.189. The summed E-state index contributed by atoms with van der Waals surface area (Å²) in [7, 11) is 0. The predicted molar refractivity (Wildman–Crippen MR) is 54.6 cm³/mol. The minimum atomic E-state index is -0.948. The molecule has 0 fully saturated rings. The maximum Gasteiger partial charge on any atom is 0.350 e. The Bertz CT molecular complexity index is 169. The third kappa shape index (κ3) is 6.86. The van der Waals surface area contributed by atoms with Crippen molar-refractivity contribution < 1.29 is 14.3 Å². The lowest BCUT2D eigenvalue weighted by atomic mass is 10.2. The van der Waals surface area contributed by atoms with E-state index in [1.807, 2.05) is 27.7 Å². The average Bonchev–Trinajstić information content (AvgIpc) is 2.09. The molecule has 0 aliphatic rings. The van der Waals surface area contributed by atoms with Gasteiger partial charge in [0.05, 0.1) is 13.2 Å². The van der Waals surface area contributed by atoms with E-state index in [1.54, 1.807) is 0 Å². The van der Waals surface area contributed by atoms with E-state index in [4.69, 9.17) is 15.2 Å². The van der Waals surface area contributed by atoms with Crippen molar-refractivity contribution >= 4 is 5.97 Å². The fourth-order valence-corrected chi connectivity index (χ4v) is 0.695. The summed E-state index contributed by atoms with van der Waals surface area (Å²) in [6.07, 6.45) is -0.948. The van der Waals surface area contributed by atoms with Gasteiger partial charge in [-0.1, -0.05) is 27.7 Å². The van der Waals surface area contributed by atoms with E-state index >= 15 is 0 Å². The number of rotatable bonds is 6. The van der Waals surface area contributed by atoms with Crippen molar-refractivity contribution in [2.45, 2.75) is 33.9 Å². The Hall–Kier alpha value is -0.610. The topological polar surface area (TPSA) is 61.5 Å². The van der Waals surface area contributed by atoms with E-state index in [-0.39, 0.29) is 0 Å². The normalized spacial score (nSPS) is 13.4. The van der Waals surface area contributed by atoms with Crippen LogP contribution in [-0.2, 0) is 14.3 Å². The van der Waals surface area contributed by atoms with Crippen molar-refractivity contribution in [2.24, 2.45) is 17.6 Å². The molecule has 4 nitrogen and oxygen atoms in total. The third-order valence-corrected chi connectivity index (χ3v) is 1.40. The summed E-state index contributed by atoms with van der Waals surface area (Å²) in [5, 5.41) is 0. The predicted octanol–water partition coefficient (Wildman–Crippen LogP) is 1.14. The fourth-order valence-electron chi connectivity index (χ4n) is 0.695. The van der Waals surface area contributed by atoms with Gasteiger partial charge >= 0.3 is 5.97 Å². The zero-order valence-electron chi connectivity index (χ0n) is 9.45. The standard InChI is InChI=1S/C10H21NO3/c1-7(2)5-13-9(11)10(12)14-6-8(3)4/h7-9H,5-6,11H2,1-4H3/t9-/m0/s1. The fraction of sp³-hybridized carbons (Fsp3) is 0.900. The van der Waals surface area contributed by atoms with Gasteiger partial charge in [-0.15, -0.1) is 0 Å². The van der Waals surface area contributed by atoms with Crippen molar-refractivity contribution in [1.29, 1.82) is 0 Å². The lowest BCUT2D eigenvalue weighted by molar-refractivity contribution is -0.158. The van der Waals surface area contributed by atoms with Crippen LogP contribution in [0.2, 0.25) is 0 Å².